The topological polar surface area (TPSA) is 38.1 Å². The number of hydrogen-bond acceptors (Lipinski definition) is 4. The summed E-state index contributed by atoms with van der Waals surface area (Å²) in [5.74, 6) is -0.390. The summed E-state index contributed by atoms with van der Waals surface area (Å²) >= 11 is 6.74. The highest BCUT2D eigenvalue weighted by Gasteiger charge is 2.35. The van der Waals surface area contributed by atoms with Gasteiger partial charge < -0.3 is 0 Å². The van der Waals surface area contributed by atoms with Crippen LogP contribution in [0.15, 0.2) is 59.6 Å². The lowest BCUT2D eigenvalue weighted by Crippen LogP contribution is -2.36. The number of aryl methyl sites for hydroxylation is 1. The van der Waals surface area contributed by atoms with Crippen molar-refractivity contribution >= 4 is 40.3 Å². The molecular weight excluding hydrogens is 429 g/mol. The highest BCUT2D eigenvalue weighted by atomic mass is 32.2. The number of aromatic nitrogens is 2. The van der Waals surface area contributed by atoms with E-state index in [1.165, 1.54) is 17.8 Å². The minimum absolute atomic E-state index is 0.0381. The maximum atomic E-state index is 14.3. The van der Waals surface area contributed by atoms with Gasteiger partial charge in [-0.25, -0.2) is 9.07 Å². The van der Waals surface area contributed by atoms with E-state index < -0.39 is 0 Å². The minimum atomic E-state index is -0.291. The van der Waals surface area contributed by atoms with E-state index in [4.69, 9.17) is 17.3 Å². The van der Waals surface area contributed by atoms with Gasteiger partial charge in [0.15, 0.2) is 0 Å². The molecule has 2 aromatic carbocycles. The van der Waals surface area contributed by atoms with Crippen LogP contribution in [0.3, 0.4) is 0 Å². The number of para-hydroxylation sites is 1. The molecule has 31 heavy (non-hydrogen) atoms. The average Bonchev–Trinajstić information content (AvgIpc) is 3.31. The Kier molecular flexibility index (Phi) is 6.07. The lowest BCUT2D eigenvalue weighted by Gasteiger charge is -2.21. The molecule has 0 bridgehead atoms. The molecule has 4 rings (SSSR count). The molecule has 2 heterocycles. The molecule has 7 heteroatoms. The molecule has 1 aromatic heterocycles. The van der Waals surface area contributed by atoms with E-state index in [2.05, 4.69) is 0 Å². The van der Waals surface area contributed by atoms with Gasteiger partial charge in [-0.3, -0.25) is 9.69 Å². The van der Waals surface area contributed by atoms with E-state index in [1.54, 1.807) is 28.6 Å². The van der Waals surface area contributed by atoms with Crippen LogP contribution in [0.5, 0.6) is 0 Å². The minimum Gasteiger partial charge on any atom is -0.290 e. The Morgan fingerprint density at radius 2 is 1.97 bits per heavy atom. The summed E-state index contributed by atoms with van der Waals surface area (Å²) in [6, 6.07) is 14.8. The number of thioether (sulfide) groups is 1. The van der Waals surface area contributed by atoms with Crippen LogP contribution in [-0.4, -0.2) is 30.9 Å². The number of thiocarbonyl (C=S) groups is 1. The number of hydrogen-bond donors (Lipinski definition) is 0. The largest absolute Gasteiger partial charge is 0.290 e. The second-order valence-corrected chi connectivity index (χ2v) is 9.16. The number of nitrogens with zero attached hydrogens (tertiary/aromatic N) is 3. The average molecular weight is 452 g/mol. The van der Waals surface area contributed by atoms with Crippen molar-refractivity contribution in [3.8, 4) is 16.9 Å². The Balaban J connectivity index is 1.82. The zero-order valence-electron chi connectivity index (χ0n) is 17.5. The number of rotatable bonds is 5. The van der Waals surface area contributed by atoms with Crippen LogP contribution in [-0.2, 0) is 4.79 Å². The Morgan fingerprint density at radius 3 is 2.65 bits per heavy atom. The van der Waals surface area contributed by atoms with Crippen LogP contribution in [0, 0.1) is 12.7 Å². The molecule has 1 saturated heterocycles. The van der Waals surface area contributed by atoms with Gasteiger partial charge in [0.2, 0.25) is 0 Å². The predicted molar refractivity (Wildman–Crippen MR) is 128 cm³/mol. The normalized spacial score (nSPS) is 16.4. The number of carbonyl (C=O) groups excluding carboxylic acids is 1. The van der Waals surface area contributed by atoms with Crippen LogP contribution in [0.1, 0.15) is 31.4 Å². The van der Waals surface area contributed by atoms with Gasteiger partial charge in [-0.2, -0.15) is 5.10 Å². The molecule has 1 fully saturated rings. The number of benzene rings is 2. The molecule has 1 aliphatic rings. The fourth-order valence-corrected chi connectivity index (χ4v) is 4.81. The molecule has 1 atom stereocenters. The summed E-state index contributed by atoms with van der Waals surface area (Å²) < 4.78 is 16.6. The van der Waals surface area contributed by atoms with Gasteiger partial charge in [0, 0.05) is 23.4 Å². The van der Waals surface area contributed by atoms with E-state index in [0.717, 1.165) is 17.7 Å². The van der Waals surface area contributed by atoms with E-state index in [1.807, 2.05) is 56.4 Å². The van der Waals surface area contributed by atoms with Gasteiger partial charge in [-0.05, 0) is 50.1 Å². The molecule has 0 unspecified atom stereocenters. The molecule has 158 valence electrons. The highest BCUT2D eigenvalue weighted by Crippen LogP contribution is 2.36. The lowest BCUT2D eigenvalue weighted by atomic mass is 10.1. The van der Waals surface area contributed by atoms with Crippen LogP contribution in [0.2, 0.25) is 0 Å². The molecule has 3 aromatic rings. The number of amides is 1. The van der Waals surface area contributed by atoms with Crippen molar-refractivity contribution < 1.29 is 9.18 Å². The second kappa shape index (κ2) is 8.77. The standard InChI is InChI=1S/C24H22FN3OS2/c1-4-16(3)28-23(29)21(31-24(28)30)13-18-14-27(19-8-6-5-7-9-19)26-22(18)17-11-10-15(2)20(25)12-17/h5-14,16H,4H2,1-3H3/b21-13-/t16-/m1/s1. The first kappa shape index (κ1) is 21.5. The van der Waals surface area contributed by atoms with Gasteiger partial charge in [0.05, 0.1) is 10.6 Å². The Morgan fingerprint density at radius 1 is 1.23 bits per heavy atom. The molecule has 0 radical (unpaired) electrons. The number of carbonyl (C=O) groups is 1. The van der Waals surface area contributed by atoms with Crippen molar-refractivity contribution in [2.45, 2.75) is 33.2 Å². The second-order valence-electron chi connectivity index (χ2n) is 7.49. The molecular formula is C24H22FN3OS2. The summed E-state index contributed by atoms with van der Waals surface area (Å²) in [5.41, 5.74) is 3.44. The first-order valence-corrected chi connectivity index (χ1v) is 11.3. The smallest absolute Gasteiger partial charge is 0.266 e. The maximum absolute atomic E-state index is 14.3. The predicted octanol–water partition coefficient (Wildman–Crippen LogP) is 5.99. The molecule has 0 N–H and O–H groups in total. The summed E-state index contributed by atoms with van der Waals surface area (Å²) in [5, 5.41) is 4.72. The third kappa shape index (κ3) is 4.20. The van der Waals surface area contributed by atoms with Gasteiger partial charge >= 0.3 is 0 Å². The molecule has 0 spiro atoms. The first-order valence-electron chi connectivity index (χ1n) is 10.1. The van der Waals surface area contributed by atoms with E-state index in [9.17, 15) is 9.18 Å². The Hall–Kier alpha value is -2.77. The van der Waals surface area contributed by atoms with Crippen molar-refractivity contribution in [2.75, 3.05) is 0 Å². The Labute approximate surface area is 190 Å². The highest BCUT2D eigenvalue weighted by molar-refractivity contribution is 8.26. The maximum Gasteiger partial charge on any atom is 0.266 e. The van der Waals surface area contributed by atoms with E-state index in [0.29, 0.717) is 26.0 Å². The van der Waals surface area contributed by atoms with Crippen LogP contribution < -0.4 is 0 Å². The third-order valence-corrected chi connectivity index (χ3v) is 6.68. The van der Waals surface area contributed by atoms with E-state index >= 15 is 0 Å². The van der Waals surface area contributed by atoms with Gasteiger partial charge in [0.1, 0.15) is 15.8 Å². The van der Waals surface area contributed by atoms with Crippen molar-refractivity contribution in [3.63, 3.8) is 0 Å². The van der Waals surface area contributed by atoms with Crippen LogP contribution >= 0.6 is 24.0 Å². The molecule has 1 amide bonds. The van der Waals surface area contributed by atoms with Gasteiger partial charge in [-0.15, -0.1) is 0 Å². The fraction of sp³-hybridized carbons (Fsp3) is 0.208. The molecule has 4 nitrogen and oxygen atoms in total. The van der Waals surface area contributed by atoms with Crippen LogP contribution in [0.4, 0.5) is 4.39 Å². The van der Waals surface area contributed by atoms with Crippen molar-refractivity contribution in [2.24, 2.45) is 0 Å². The third-order valence-electron chi connectivity index (χ3n) is 5.35. The molecule has 0 aliphatic carbocycles. The Bertz CT molecular complexity index is 1190. The van der Waals surface area contributed by atoms with Crippen molar-refractivity contribution in [3.05, 3.63) is 76.6 Å². The molecule has 0 saturated carbocycles. The van der Waals surface area contributed by atoms with E-state index in [-0.39, 0.29) is 17.8 Å². The van der Waals surface area contributed by atoms with Gasteiger partial charge in [-0.1, -0.05) is 61.2 Å². The van der Waals surface area contributed by atoms with Crippen molar-refractivity contribution in [1.82, 2.24) is 14.7 Å². The lowest BCUT2D eigenvalue weighted by molar-refractivity contribution is -0.123. The molecule has 1 aliphatic heterocycles. The summed E-state index contributed by atoms with van der Waals surface area (Å²) in [7, 11) is 0. The van der Waals surface area contributed by atoms with Gasteiger partial charge in [0.25, 0.3) is 5.91 Å². The summed E-state index contributed by atoms with van der Waals surface area (Å²) in [6.45, 7) is 5.74. The fourth-order valence-electron chi connectivity index (χ4n) is 3.35. The summed E-state index contributed by atoms with van der Waals surface area (Å²) in [4.78, 5) is 15.2. The zero-order chi connectivity index (χ0) is 22.1. The monoisotopic (exact) mass is 451 g/mol. The zero-order valence-corrected chi connectivity index (χ0v) is 19.1. The first-order chi connectivity index (χ1) is 14.9. The number of halogens is 1. The van der Waals surface area contributed by atoms with Crippen LogP contribution in [0.25, 0.3) is 23.0 Å². The van der Waals surface area contributed by atoms with Crippen molar-refractivity contribution in [1.29, 1.82) is 0 Å². The SMILES string of the molecule is CC[C@@H](C)N1C(=O)/C(=C/c2cn(-c3ccccc3)nc2-c2ccc(C)c(F)c2)SC1=S. The summed E-state index contributed by atoms with van der Waals surface area (Å²) in [6.07, 6.45) is 4.49. The quantitative estimate of drug-likeness (QED) is 0.353.